The summed E-state index contributed by atoms with van der Waals surface area (Å²) in [4.78, 5) is 44.8. The number of amides is 2. The molecule has 4 atom stereocenters. The fourth-order valence-corrected chi connectivity index (χ4v) is 10.4. The molecule has 2 bridgehead atoms. The quantitative estimate of drug-likeness (QED) is 0.216. The molecular formula is C38H40F2N8O6S. The van der Waals surface area contributed by atoms with Crippen LogP contribution in [0.25, 0.3) is 32.2 Å². The topological polar surface area (TPSA) is 166 Å². The van der Waals surface area contributed by atoms with E-state index in [2.05, 4.69) is 26.2 Å². The van der Waals surface area contributed by atoms with Gasteiger partial charge in [0.15, 0.2) is 5.82 Å². The number of carbonyl (C=O) groups is 2. The lowest BCUT2D eigenvalue weighted by atomic mass is 9.93. The van der Waals surface area contributed by atoms with E-state index in [0.717, 1.165) is 43.6 Å². The number of pyridine rings is 1. The van der Waals surface area contributed by atoms with E-state index in [1.54, 1.807) is 26.8 Å². The van der Waals surface area contributed by atoms with Gasteiger partial charge in [-0.15, -0.1) is 11.3 Å². The molecule has 2 N–H and O–H groups in total. The number of ether oxygens (including phenoxy) is 3. The summed E-state index contributed by atoms with van der Waals surface area (Å²) in [6.07, 6.45) is 2.32. The molecule has 3 aromatic heterocycles. The van der Waals surface area contributed by atoms with Gasteiger partial charge in [0.25, 0.3) is 0 Å². The molecule has 2 amide bonds. The van der Waals surface area contributed by atoms with Crippen molar-refractivity contribution in [2.75, 3.05) is 43.0 Å². The average Bonchev–Trinajstić information content (AvgIpc) is 3.94. The van der Waals surface area contributed by atoms with Gasteiger partial charge in [-0.05, 0) is 70.2 Å². The first-order chi connectivity index (χ1) is 26.3. The maximum atomic E-state index is 17.7. The molecule has 4 aromatic rings. The number of halogens is 2. The second kappa shape index (κ2) is 13.1. The molecule has 0 spiro atoms. The largest absolute Gasteiger partial charge is 0.465 e. The third kappa shape index (κ3) is 5.96. The molecule has 55 heavy (non-hydrogen) atoms. The van der Waals surface area contributed by atoms with Gasteiger partial charge in [-0.2, -0.15) is 15.2 Å². The van der Waals surface area contributed by atoms with E-state index in [4.69, 9.17) is 24.2 Å². The molecule has 8 heterocycles. The first kappa shape index (κ1) is 35.8. The molecular weight excluding hydrogens is 735 g/mol. The maximum Gasteiger partial charge on any atom is 0.412 e. The van der Waals surface area contributed by atoms with Gasteiger partial charge in [-0.1, -0.05) is 0 Å². The van der Waals surface area contributed by atoms with Crippen molar-refractivity contribution in [3.05, 3.63) is 34.8 Å². The molecule has 17 heteroatoms. The number of fused-ring (bicyclic) bond motifs is 7. The van der Waals surface area contributed by atoms with Gasteiger partial charge >= 0.3 is 18.2 Å². The van der Waals surface area contributed by atoms with Crippen molar-refractivity contribution >= 4 is 55.3 Å². The third-order valence-electron chi connectivity index (χ3n) is 11.6. The van der Waals surface area contributed by atoms with E-state index < -0.39 is 35.3 Å². The monoisotopic (exact) mass is 774 g/mol. The van der Waals surface area contributed by atoms with Crippen LogP contribution >= 0.6 is 11.3 Å². The summed E-state index contributed by atoms with van der Waals surface area (Å²) in [5.74, 6) is -0.255. The van der Waals surface area contributed by atoms with Crippen molar-refractivity contribution in [3.8, 4) is 23.3 Å². The predicted molar refractivity (Wildman–Crippen MR) is 199 cm³/mol. The van der Waals surface area contributed by atoms with E-state index in [9.17, 15) is 24.3 Å². The summed E-state index contributed by atoms with van der Waals surface area (Å²) in [7, 11) is 0. The van der Waals surface area contributed by atoms with Gasteiger partial charge in [0, 0.05) is 60.0 Å². The number of carbonyl (C=O) groups excluding carboxylic acids is 1. The van der Waals surface area contributed by atoms with E-state index in [-0.39, 0.29) is 78.3 Å². The minimum absolute atomic E-state index is 0.0190. The summed E-state index contributed by atoms with van der Waals surface area (Å²) in [6.45, 7) is 7.18. The maximum absolute atomic E-state index is 17.7. The number of hydrogen-bond acceptors (Lipinski definition) is 12. The number of rotatable bonds is 6. The Balaban J connectivity index is 1.21. The molecule has 0 radical (unpaired) electrons. The Morgan fingerprint density at radius 2 is 1.93 bits per heavy atom. The highest BCUT2D eigenvalue weighted by Crippen LogP contribution is 2.48. The SMILES string of the molecule is CC(C)(C)OC(=O)Nc1sc2ccnc(-c3c4c(c5c(N6C7CCC6CN(C(=O)O)C7)nc(OC[C@@]67CCCN6C[C@H](F)C7)nc5c3F)COC4)c2c1C#N. The van der Waals surface area contributed by atoms with Crippen LogP contribution in [0.5, 0.6) is 6.01 Å². The van der Waals surface area contributed by atoms with E-state index in [1.165, 1.54) is 11.1 Å². The molecule has 0 saturated carbocycles. The van der Waals surface area contributed by atoms with E-state index >= 15 is 4.39 Å². The van der Waals surface area contributed by atoms with Crippen LogP contribution in [0.3, 0.4) is 0 Å². The first-order valence-corrected chi connectivity index (χ1v) is 19.4. The molecule has 1 aromatic carbocycles. The van der Waals surface area contributed by atoms with Crippen LogP contribution in [0.4, 0.5) is 29.2 Å². The number of benzene rings is 1. The number of likely N-dealkylation sites (tertiary alicyclic amines) is 1. The fourth-order valence-electron chi connectivity index (χ4n) is 9.37. The first-order valence-electron chi connectivity index (χ1n) is 18.6. The van der Waals surface area contributed by atoms with Gasteiger partial charge in [0.1, 0.15) is 40.8 Å². The summed E-state index contributed by atoms with van der Waals surface area (Å²) in [6, 6.07) is 3.43. The summed E-state index contributed by atoms with van der Waals surface area (Å²) < 4.78 is 50.8. The van der Waals surface area contributed by atoms with Crippen LogP contribution in [0, 0.1) is 17.1 Å². The Morgan fingerprint density at radius 3 is 2.65 bits per heavy atom. The minimum atomic E-state index is -0.988. The average molecular weight is 775 g/mol. The number of nitriles is 1. The number of carboxylic acid groups (broad SMARTS) is 1. The lowest BCUT2D eigenvalue weighted by Crippen LogP contribution is -2.55. The number of nitrogens with one attached hydrogen (secondary N) is 1. The van der Waals surface area contributed by atoms with Crippen LogP contribution in [0.15, 0.2) is 12.3 Å². The van der Waals surface area contributed by atoms with Crippen LogP contribution in [-0.2, 0) is 22.7 Å². The summed E-state index contributed by atoms with van der Waals surface area (Å²) in [5, 5.41) is 24.0. The zero-order valence-corrected chi connectivity index (χ0v) is 31.5. The minimum Gasteiger partial charge on any atom is -0.465 e. The van der Waals surface area contributed by atoms with Crippen molar-refractivity contribution in [1.29, 1.82) is 5.26 Å². The molecule has 0 aliphatic carbocycles. The Kier molecular flexibility index (Phi) is 8.51. The molecule has 4 fully saturated rings. The number of hydrogen-bond donors (Lipinski definition) is 2. The normalized spacial score (nSPS) is 24.7. The molecule has 5 aliphatic rings. The summed E-state index contributed by atoms with van der Waals surface area (Å²) in [5.41, 5.74) is 0.346. The third-order valence-corrected chi connectivity index (χ3v) is 12.6. The van der Waals surface area contributed by atoms with Crippen molar-refractivity contribution in [2.45, 2.75) is 95.5 Å². The predicted octanol–water partition coefficient (Wildman–Crippen LogP) is 6.58. The van der Waals surface area contributed by atoms with Crippen molar-refractivity contribution in [2.24, 2.45) is 0 Å². The Morgan fingerprint density at radius 1 is 1.16 bits per heavy atom. The van der Waals surface area contributed by atoms with Crippen LogP contribution in [-0.4, -0.2) is 104 Å². The summed E-state index contributed by atoms with van der Waals surface area (Å²) >= 11 is 1.16. The lowest BCUT2D eigenvalue weighted by Gasteiger charge is -2.41. The van der Waals surface area contributed by atoms with Crippen molar-refractivity contribution in [3.63, 3.8) is 0 Å². The Labute approximate surface area is 319 Å². The van der Waals surface area contributed by atoms with Gasteiger partial charge in [0.2, 0.25) is 0 Å². The second-order valence-electron chi connectivity index (χ2n) is 16.1. The van der Waals surface area contributed by atoms with Gasteiger partial charge in [0.05, 0.1) is 35.4 Å². The number of nitrogens with zero attached hydrogens (tertiary/aromatic N) is 7. The molecule has 2 unspecified atom stereocenters. The molecule has 14 nitrogen and oxygen atoms in total. The molecule has 5 aliphatic heterocycles. The van der Waals surface area contributed by atoms with Gasteiger partial charge in [-0.3, -0.25) is 15.2 Å². The van der Waals surface area contributed by atoms with Crippen molar-refractivity contribution < 1.29 is 37.7 Å². The van der Waals surface area contributed by atoms with Crippen LogP contribution in [0.1, 0.15) is 69.6 Å². The Hall–Kier alpha value is -4.92. The highest BCUT2D eigenvalue weighted by Gasteiger charge is 2.50. The lowest BCUT2D eigenvalue weighted by molar-refractivity contribution is 0.0636. The molecule has 4 saturated heterocycles. The van der Waals surface area contributed by atoms with Gasteiger partial charge < -0.3 is 29.1 Å². The van der Waals surface area contributed by atoms with E-state index in [0.29, 0.717) is 45.4 Å². The number of aromatic nitrogens is 3. The fraction of sp³-hybridized carbons (Fsp3) is 0.526. The number of piperazine rings is 1. The van der Waals surface area contributed by atoms with E-state index in [1.807, 2.05) is 0 Å². The highest BCUT2D eigenvalue weighted by molar-refractivity contribution is 7.23. The zero-order chi connectivity index (χ0) is 38.4. The van der Waals surface area contributed by atoms with Gasteiger partial charge in [-0.25, -0.2) is 18.4 Å². The second-order valence-corrected chi connectivity index (χ2v) is 17.2. The van der Waals surface area contributed by atoms with Crippen LogP contribution in [0.2, 0.25) is 0 Å². The molecule has 9 rings (SSSR count). The van der Waals surface area contributed by atoms with Crippen molar-refractivity contribution in [1.82, 2.24) is 24.8 Å². The molecule has 288 valence electrons. The number of alkyl halides is 1. The standard InChI is InChI=1S/C38H40F2N8O6S/c1-37(2,3)54-35(49)45-33-22(12-41)26-25(55-33)7-9-42-30(26)27-23-16-52-17-24(23)28-31(29(27)40)43-34(53-18-38-8-4-10-47(38)13-19(39)11-38)44-32(28)48-20-5-6-21(48)15-46(14-20)36(50)51/h7,9,19-21H,4-6,8,10-11,13-18H2,1-3H3,(H,45,49)(H,50,51)/t19-,20?,21?,38+/m1/s1. The smallest absolute Gasteiger partial charge is 0.412 e. The zero-order valence-electron chi connectivity index (χ0n) is 30.7. The Bertz CT molecular complexity index is 2300. The highest BCUT2D eigenvalue weighted by atomic mass is 32.1. The van der Waals surface area contributed by atoms with Crippen LogP contribution < -0.4 is 15.0 Å². The number of anilines is 2. The number of thiophene rings is 1.